The first-order valence-corrected chi connectivity index (χ1v) is 10.2. The van der Waals surface area contributed by atoms with Crippen LogP contribution in [-0.4, -0.2) is 25.5 Å². The molecule has 0 N–H and O–H groups in total. The van der Waals surface area contributed by atoms with E-state index in [1.54, 1.807) is 25.7 Å². The van der Waals surface area contributed by atoms with Gasteiger partial charge >= 0.3 is 0 Å². The molecule has 0 bridgehead atoms. The average molecular weight is 382 g/mol. The average Bonchev–Trinajstić information content (AvgIpc) is 3.13. The van der Waals surface area contributed by atoms with Crippen molar-refractivity contribution in [1.82, 2.24) is 0 Å². The highest BCUT2D eigenvalue weighted by Crippen LogP contribution is 2.40. The van der Waals surface area contributed by atoms with Crippen molar-refractivity contribution in [1.29, 1.82) is 0 Å². The molecule has 0 saturated carbocycles. The first-order chi connectivity index (χ1) is 12.5. The van der Waals surface area contributed by atoms with Crippen LogP contribution in [0.2, 0.25) is 0 Å². The third-order valence-electron chi connectivity index (χ3n) is 4.17. The van der Waals surface area contributed by atoms with E-state index < -0.39 is 0 Å². The lowest BCUT2D eigenvalue weighted by molar-refractivity contribution is -0.107. The highest BCUT2D eigenvalue weighted by Gasteiger charge is 2.15. The zero-order chi connectivity index (χ0) is 18.7. The van der Waals surface area contributed by atoms with E-state index in [9.17, 15) is 9.59 Å². The number of hydrogen-bond acceptors (Lipinski definition) is 4. The van der Waals surface area contributed by atoms with Crippen LogP contribution in [0.4, 0.5) is 5.69 Å². The number of carbonyl (C=O) groups is 2. The molecule has 0 atom stereocenters. The Hall–Kier alpha value is -2.37. The normalized spacial score (nSPS) is 10.6. The number of amides is 1. The smallest absolute Gasteiger partial charge is 0.213 e. The fraction of sp³-hybridized carbons (Fsp3) is 0.143. The second-order valence-electron chi connectivity index (χ2n) is 5.90. The summed E-state index contributed by atoms with van der Waals surface area (Å²) in [5.74, 6) is 0.0699. The lowest BCUT2D eigenvalue weighted by atomic mass is 10.0. The molecule has 0 aliphatic carbocycles. The third kappa shape index (κ3) is 3.74. The highest BCUT2D eigenvalue weighted by atomic mass is 32.2. The standard InChI is InChI=1S/C21H19NO2S2/c1-14(24)20-12-19(15-6-10-18(25-3)11-7-15)21(26-20)16-4-8-17(9-5-16)22(2)13-23/h4-13H,1-3H3. The summed E-state index contributed by atoms with van der Waals surface area (Å²) in [6, 6.07) is 18.2. The maximum atomic E-state index is 11.9. The molecule has 3 rings (SSSR count). The van der Waals surface area contributed by atoms with Gasteiger partial charge in [-0.25, -0.2) is 0 Å². The van der Waals surface area contributed by atoms with E-state index in [-0.39, 0.29) is 5.78 Å². The number of nitrogens with zero attached hydrogens (tertiary/aromatic N) is 1. The quantitative estimate of drug-likeness (QED) is 0.317. The van der Waals surface area contributed by atoms with Crippen LogP contribution in [0.25, 0.3) is 21.6 Å². The molecule has 5 heteroatoms. The maximum absolute atomic E-state index is 11.9. The van der Waals surface area contributed by atoms with E-state index in [0.717, 1.165) is 38.5 Å². The Balaban J connectivity index is 2.07. The largest absolute Gasteiger partial charge is 0.318 e. The van der Waals surface area contributed by atoms with Crippen molar-refractivity contribution in [3.8, 4) is 21.6 Å². The van der Waals surface area contributed by atoms with Crippen LogP contribution < -0.4 is 4.90 Å². The predicted octanol–water partition coefficient (Wildman–Crippen LogP) is 5.60. The minimum Gasteiger partial charge on any atom is -0.318 e. The predicted molar refractivity (Wildman–Crippen MR) is 111 cm³/mol. The monoisotopic (exact) mass is 381 g/mol. The Kier molecular flexibility index (Phi) is 5.59. The zero-order valence-electron chi connectivity index (χ0n) is 14.9. The SMILES string of the molecule is CSc1ccc(-c2cc(C(C)=O)sc2-c2ccc(N(C)C=O)cc2)cc1. The van der Waals surface area contributed by atoms with Gasteiger partial charge in [-0.15, -0.1) is 23.1 Å². The summed E-state index contributed by atoms with van der Waals surface area (Å²) >= 11 is 3.21. The minimum atomic E-state index is 0.0699. The molecule has 0 aliphatic rings. The van der Waals surface area contributed by atoms with E-state index in [0.29, 0.717) is 0 Å². The molecule has 0 unspecified atom stereocenters. The molecule has 0 spiro atoms. The van der Waals surface area contributed by atoms with Crippen molar-refractivity contribution >= 4 is 41.0 Å². The van der Waals surface area contributed by atoms with Crippen molar-refractivity contribution < 1.29 is 9.59 Å². The fourth-order valence-corrected chi connectivity index (χ4v) is 4.16. The van der Waals surface area contributed by atoms with Crippen molar-refractivity contribution in [2.24, 2.45) is 0 Å². The molecular weight excluding hydrogens is 362 g/mol. The number of carbonyl (C=O) groups excluding carboxylic acids is 2. The molecule has 1 amide bonds. The van der Waals surface area contributed by atoms with Crippen LogP contribution in [0, 0.1) is 0 Å². The Labute approximate surface area is 161 Å². The Morgan fingerprint density at radius 1 is 1.04 bits per heavy atom. The van der Waals surface area contributed by atoms with Gasteiger partial charge in [-0.3, -0.25) is 9.59 Å². The summed E-state index contributed by atoms with van der Waals surface area (Å²) in [6.45, 7) is 1.60. The molecule has 0 fully saturated rings. The number of benzene rings is 2. The molecule has 26 heavy (non-hydrogen) atoms. The maximum Gasteiger partial charge on any atom is 0.213 e. The van der Waals surface area contributed by atoms with E-state index >= 15 is 0 Å². The Morgan fingerprint density at radius 2 is 1.65 bits per heavy atom. The van der Waals surface area contributed by atoms with E-state index in [4.69, 9.17) is 0 Å². The van der Waals surface area contributed by atoms with Crippen LogP contribution in [-0.2, 0) is 4.79 Å². The molecule has 1 heterocycles. The highest BCUT2D eigenvalue weighted by molar-refractivity contribution is 7.98. The summed E-state index contributed by atoms with van der Waals surface area (Å²) in [5, 5.41) is 0. The number of rotatable bonds is 6. The second-order valence-corrected chi connectivity index (χ2v) is 7.83. The van der Waals surface area contributed by atoms with Gasteiger partial charge in [-0.05, 0) is 54.6 Å². The third-order valence-corrected chi connectivity index (χ3v) is 6.20. The van der Waals surface area contributed by atoms with Gasteiger partial charge in [0.25, 0.3) is 0 Å². The van der Waals surface area contributed by atoms with Gasteiger partial charge in [0.2, 0.25) is 6.41 Å². The van der Waals surface area contributed by atoms with Gasteiger partial charge < -0.3 is 4.90 Å². The van der Waals surface area contributed by atoms with E-state index in [1.807, 2.05) is 30.3 Å². The van der Waals surface area contributed by atoms with Gasteiger partial charge in [-0.1, -0.05) is 24.3 Å². The van der Waals surface area contributed by atoms with Crippen LogP contribution in [0.15, 0.2) is 59.5 Å². The summed E-state index contributed by atoms with van der Waals surface area (Å²) in [7, 11) is 1.72. The molecule has 0 saturated heterocycles. The Bertz CT molecular complexity index is 928. The van der Waals surface area contributed by atoms with Crippen LogP contribution in [0.1, 0.15) is 16.6 Å². The van der Waals surface area contributed by atoms with Gasteiger partial charge in [0.15, 0.2) is 5.78 Å². The topological polar surface area (TPSA) is 37.4 Å². The number of thiophene rings is 1. The lowest BCUT2D eigenvalue weighted by Gasteiger charge is -2.11. The minimum absolute atomic E-state index is 0.0699. The number of hydrogen-bond donors (Lipinski definition) is 0. The first-order valence-electron chi connectivity index (χ1n) is 8.11. The molecule has 2 aromatic carbocycles. The molecule has 3 aromatic rings. The van der Waals surface area contributed by atoms with Crippen molar-refractivity contribution in [3.63, 3.8) is 0 Å². The number of anilines is 1. The fourth-order valence-electron chi connectivity index (χ4n) is 2.67. The zero-order valence-corrected chi connectivity index (χ0v) is 16.5. The number of ketones is 1. The molecular formula is C21H19NO2S2. The molecule has 3 nitrogen and oxygen atoms in total. The summed E-state index contributed by atoms with van der Waals surface area (Å²) in [6.07, 6.45) is 2.84. The van der Waals surface area contributed by atoms with Crippen LogP contribution >= 0.6 is 23.1 Å². The van der Waals surface area contributed by atoms with Gasteiger partial charge in [0.1, 0.15) is 0 Å². The Morgan fingerprint density at radius 3 is 2.19 bits per heavy atom. The summed E-state index contributed by atoms with van der Waals surface area (Å²) < 4.78 is 0. The van der Waals surface area contributed by atoms with E-state index in [2.05, 4.69) is 30.5 Å². The van der Waals surface area contributed by atoms with Crippen molar-refractivity contribution in [2.45, 2.75) is 11.8 Å². The summed E-state index contributed by atoms with van der Waals surface area (Å²) in [4.78, 5) is 27.4. The van der Waals surface area contributed by atoms with Crippen molar-refractivity contribution in [3.05, 3.63) is 59.5 Å². The van der Waals surface area contributed by atoms with Gasteiger partial charge in [0.05, 0.1) is 4.88 Å². The molecule has 1 aromatic heterocycles. The van der Waals surface area contributed by atoms with Gasteiger partial charge in [-0.2, -0.15) is 0 Å². The first kappa shape index (κ1) is 18.4. The summed E-state index contributed by atoms with van der Waals surface area (Å²) in [5.41, 5.74) is 4.02. The number of Topliss-reactive ketones (excluding diaryl/α,β-unsaturated/α-hetero) is 1. The number of thioether (sulfide) groups is 1. The van der Waals surface area contributed by atoms with Gasteiger partial charge in [0, 0.05) is 28.1 Å². The van der Waals surface area contributed by atoms with E-state index in [1.165, 1.54) is 21.1 Å². The van der Waals surface area contributed by atoms with Crippen LogP contribution in [0.3, 0.4) is 0 Å². The van der Waals surface area contributed by atoms with Crippen LogP contribution in [0.5, 0.6) is 0 Å². The molecule has 0 radical (unpaired) electrons. The molecule has 132 valence electrons. The second kappa shape index (κ2) is 7.89. The molecule has 0 aliphatic heterocycles. The lowest BCUT2D eigenvalue weighted by Crippen LogP contribution is -2.13. The van der Waals surface area contributed by atoms with Crippen molar-refractivity contribution in [2.75, 3.05) is 18.2 Å².